The molecule has 3 heteroatoms. The van der Waals surface area contributed by atoms with Gasteiger partial charge in [-0.1, -0.05) is 26.3 Å². The molecule has 4 aliphatic rings. The first-order valence-corrected chi connectivity index (χ1v) is 10.3. The summed E-state index contributed by atoms with van der Waals surface area (Å²) in [5, 5.41) is 11.3. The molecule has 0 heterocycles. The van der Waals surface area contributed by atoms with E-state index in [0.717, 1.165) is 38.5 Å². The molecule has 3 fully saturated rings. The number of carbonyl (C=O) groups is 2. The van der Waals surface area contributed by atoms with E-state index in [-0.39, 0.29) is 16.6 Å². The van der Waals surface area contributed by atoms with Gasteiger partial charge >= 0.3 is 0 Å². The molecule has 25 heavy (non-hydrogen) atoms. The highest BCUT2D eigenvalue weighted by atomic mass is 16.3. The summed E-state index contributed by atoms with van der Waals surface area (Å²) in [6, 6.07) is 0. The van der Waals surface area contributed by atoms with Gasteiger partial charge < -0.3 is 5.11 Å². The molecule has 3 saturated carbocycles. The zero-order valence-electron chi connectivity index (χ0n) is 15.9. The Morgan fingerprint density at radius 1 is 1.12 bits per heavy atom. The number of hydrogen-bond donors (Lipinski definition) is 1. The number of carbonyl (C=O) groups excluding carboxylic acids is 2. The lowest BCUT2D eigenvalue weighted by Crippen LogP contribution is -2.57. The quantitative estimate of drug-likeness (QED) is 0.815. The SMILES string of the molecule is CCC(=O)C1(O)CCC2C3CCC4=CC(=O)CCC4(C)C3CCC21C. The first kappa shape index (κ1) is 17.5. The number of Topliss-reactive ketones (excluding diaryl/α,β-unsaturated/α-hetero) is 1. The van der Waals surface area contributed by atoms with E-state index >= 15 is 0 Å². The van der Waals surface area contributed by atoms with Crippen LogP contribution in [0.1, 0.15) is 78.6 Å². The van der Waals surface area contributed by atoms with Crippen LogP contribution in [0.25, 0.3) is 0 Å². The lowest BCUT2D eigenvalue weighted by atomic mass is 9.46. The monoisotopic (exact) mass is 344 g/mol. The standard InChI is InChI=1S/C22H32O3/c1-4-19(24)22(25)12-9-18-16-6-5-14-13-15(23)7-10-20(14,2)17(16)8-11-21(18,22)3/h13,16-18,25H,4-12H2,1-3H3. The summed E-state index contributed by atoms with van der Waals surface area (Å²) in [6.07, 6.45) is 9.83. The van der Waals surface area contributed by atoms with Crippen molar-refractivity contribution in [3.63, 3.8) is 0 Å². The van der Waals surface area contributed by atoms with E-state index in [0.29, 0.717) is 42.8 Å². The van der Waals surface area contributed by atoms with Crippen molar-refractivity contribution in [3.05, 3.63) is 11.6 Å². The minimum absolute atomic E-state index is 0.0434. The molecular formula is C22H32O3. The summed E-state index contributed by atoms with van der Waals surface area (Å²) in [6.45, 7) is 6.44. The normalized spacial score (nSPS) is 49.0. The van der Waals surface area contributed by atoms with Crippen LogP contribution >= 0.6 is 0 Å². The predicted octanol–water partition coefficient (Wildman–Crippen LogP) is 4.23. The maximum absolute atomic E-state index is 12.6. The molecular weight excluding hydrogens is 312 g/mol. The molecule has 1 N–H and O–H groups in total. The Kier molecular flexibility index (Phi) is 3.85. The highest BCUT2D eigenvalue weighted by molar-refractivity contribution is 5.91. The summed E-state index contributed by atoms with van der Waals surface area (Å²) < 4.78 is 0. The number of rotatable bonds is 2. The smallest absolute Gasteiger partial charge is 0.164 e. The van der Waals surface area contributed by atoms with Crippen LogP contribution < -0.4 is 0 Å². The lowest BCUT2D eigenvalue weighted by molar-refractivity contribution is -0.161. The first-order valence-electron chi connectivity index (χ1n) is 10.3. The molecule has 0 bridgehead atoms. The highest BCUT2D eigenvalue weighted by Crippen LogP contribution is 2.67. The average molecular weight is 344 g/mol. The van der Waals surface area contributed by atoms with Crippen LogP contribution in [0.5, 0.6) is 0 Å². The molecule has 6 unspecified atom stereocenters. The Labute approximate surface area is 151 Å². The minimum atomic E-state index is -1.11. The van der Waals surface area contributed by atoms with E-state index in [2.05, 4.69) is 13.8 Å². The van der Waals surface area contributed by atoms with E-state index in [9.17, 15) is 14.7 Å². The first-order chi connectivity index (χ1) is 11.8. The Balaban J connectivity index is 1.68. The zero-order chi connectivity index (χ0) is 18.0. The van der Waals surface area contributed by atoms with Crippen LogP contribution in [0, 0.1) is 28.6 Å². The van der Waals surface area contributed by atoms with Crippen LogP contribution in [-0.2, 0) is 9.59 Å². The topological polar surface area (TPSA) is 54.4 Å². The number of fused-ring (bicyclic) bond motifs is 5. The van der Waals surface area contributed by atoms with Gasteiger partial charge in [0.15, 0.2) is 11.6 Å². The van der Waals surface area contributed by atoms with Gasteiger partial charge in [0.1, 0.15) is 5.60 Å². The third kappa shape index (κ3) is 2.14. The van der Waals surface area contributed by atoms with Gasteiger partial charge in [0.2, 0.25) is 0 Å². The fraction of sp³-hybridized carbons (Fsp3) is 0.818. The second kappa shape index (κ2) is 5.52. The summed E-state index contributed by atoms with van der Waals surface area (Å²) >= 11 is 0. The number of allylic oxidation sites excluding steroid dienone is 1. The van der Waals surface area contributed by atoms with Crippen LogP contribution in [0.4, 0.5) is 0 Å². The Morgan fingerprint density at radius 3 is 2.56 bits per heavy atom. The van der Waals surface area contributed by atoms with Crippen molar-refractivity contribution in [1.82, 2.24) is 0 Å². The molecule has 4 aliphatic carbocycles. The van der Waals surface area contributed by atoms with E-state index in [4.69, 9.17) is 0 Å². The molecule has 0 radical (unpaired) electrons. The van der Waals surface area contributed by atoms with Gasteiger partial charge in [-0.25, -0.2) is 0 Å². The van der Waals surface area contributed by atoms with E-state index in [1.807, 2.05) is 13.0 Å². The van der Waals surface area contributed by atoms with Gasteiger partial charge in [-0.15, -0.1) is 0 Å². The molecule has 0 aromatic rings. The summed E-state index contributed by atoms with van der Waals surface area (Å²) in [7, 11) is 0. The molecule has 4 rings (SSSR count). The fourth-order valence-electron chi connectivity index (χ4n) is 7.33. The summed E-state index contributed by atoms with van der Waals surface area (Å²) in [5.41, 5.74) is 0.167. The van der Waals surface area contributed by atoms with Crippen LogP contribution in [-0.4, -0.2) is 22.3 Å². The largest absolute Gasteiger partial charge is 0.381 e. The molecule has 0 amide bonds. The second-order valence-corrected chi connectivity index (χ2v) is 9.60. The van der Waals surface area contributed by atoms with Crippen molar-refractivity contribution in [3.8, 4) is 0 Å². The van der Waals surface area contributed by atoms with E-state index in [1.54, 1.807) is 0 Å². The van der Waals surface area contributed by atoms with Gasteiger partial charge in [-0.05, 0) is 74.2 Å². The molecule has 3 nitrogen and oxygen atoms in total. The van der Waals surface area contributed by atoms with Crippen LogP contribution in [0.15, 0.2) is 11.6 Å². The molecule has 6 atom stereocenters. The van der Waals surface area contributed by atoms with Crippen molar-refractivity contribution < 1.29 is 14.7 Å². The van der Waals surface area contributed by atoms with Crippen molar-refractivity contribution in [2.75, 3.05) is 0 Å². The van der Waals surface area contributed by atoms with E-state index in [1.165, 1.54) is 5.57 Å². The molecule has 0 spiro atoms. The van der Waals surface area contributed by atoms with Crippen LogP contribution in [0.2, 0.25) is 0 Å². The molecule has 0 saturated heterocycles. The van der Waals surface area contributed by atoms with Crippen molar-refractivity contribution in [1.29, 1.82) is 0 Å². The molecule has 0 aliphatic heterocycles. The Hall–Kier alpha value is -0.960. The minimum Gasteiger partial charge on any atom is -0.381 e. The fourth-order valence-corrected chi connectivity index (χ4v) is 7.33. The number of ketones is 2. The van der Waals surface area contributed by atoms with Crippen molar-refractivity contribution in [2.24, 2.45) is 28.6 Å². The van der Waals surface area contributed by atoms with Crippen LogP contribution in [0.3, 0.4) is 0 Å². The van der Waals surface area contributed by atoms with Crippen molar-refractivity contribution >= 4 is 11.6 Å². The van der Waals surface area contributed by atoms with Gasteiger partial charge in [-0.3, -0.25) is 9.59 Å². The van der Waals surface area contributed by atoms with Gasteiger partial charge in [0.05, 0.1) is 0 Å². The number of aliphatic hydroxyl groups is 1. The summed E-state index contributed by atoms with van der Waals surface area (Å²) in [4.78, 5) is 24.5. The lowest BCUT2D eigenvalue weighted by Gasteiger charge is -2.58. The zero-order valence-corrected chi connectivity index (χ0v) is 15.9. The molecule has 0 aromatic carbocycles. The third-order valence-corrected chi connectivity index (χ3v) is 8.90. The maximum Gasteiger partial charge on any atom is 0.164 e. The Bertz CT molecular complexity index is 650. The highest BCUT2D eigenvalue weighted by Gasteiger charge is 2.65. The average Bonchev–Trinajstić information content (AvgIpc) is 2.87. The molecule has 0 aromatic heterocycles. The van der Waals surface area contributed by atoms with Gasteiger partial charge in [-0.2, -0.15) is 0 Å². The van der Waals surface area contributed by atoms with Gasteiger partial charge in [0.25, 0.3) is 0 Å². The number of hydrogen-bond acceptors (Lipinski definition) is 3. The Morgan fingerprint density at radius 2 is 1.84 bits per heavy atom. The van der Waals surface area contributed by atoms with Gasteiger partial charge in [0, 0.05) is 18.3 Å². The van der Waals surface area contributed by atoms with E-state index < -0.39 is 5.60 Å². The van der Waals surface area contributed by atoms with Crippen molar-refractivity contribution in [2.45, 2.75) is 84.2 Å². The maximum atomic E-state index is 12.6. The third-order valence-electron chi connectivity index (χ3n) is 8.90. The predicted molar refractivity (Wildman–Crippen MR) is 97.0 cm³/mol. The second-order valence-electron chi connectivity index (χ2n) is 9.60. The molecule has 138 valence electrons. The summed E-state index contributed by atoms with van der Waals surface area (Å²) in [5.74, 6) is 1.99.